The van der Waals surface area contributed by atoms with Crippen LogP contribution in [0.2, 0.25) is 0 Å². The molecule has 0 aliphatic heterocycles. The van der Waals surface area contributed by atoms with Crippen molar-refractivity contribution < 1.29 is 0 Å². The van der Waals surface area contributed by atoms with Gasteiger partial charge in [-0.2, -0.15) is 5.10 Å². The lowest BCUT2D eigenvalue weighted by molar-refractivity contribution is 0.639. The van der Waals surface area contributed by atoms with Gasteiger partial charge in [0, 0.05) is 36.6 Å². The molecule has 0 aliphatic carbocycles. The van der Waals surface area contributed by atoms with Crippen LogP contribution in [0.3, 0.4) is 0 Å². The van der Waals surface area contributed by atoms with Gasteiger partial charge >= 0.3 is 0 Å². The summed E-state index contributed by atoms with van der Waals surface area (Å²) in [5, 5.41) is 14.1. The minimum absolute atomic E-state index is 0.252. The van der Waals surface area contributed by atoms with E-state index in [4.69, 9.17) is 15.7 Å². The number of rotatable bonds is 5. The molecule has 10 heteroatoms. The number of pyridine rings is 2. The van der Waals surface area contributed by atoms with E-state index in [1.165, 1.54) is 0 Å². The zero-order valence-electron chi connectivity index (χ0n) is 18.8. The molecule has 35 heavy (non-hydrogen) atoms. The van der Waals surface area contributed by atoms with Gasteiger partial charge in [0.25, 0.3) is 0 Å². The van der Waals surface area contributed by atoms with E-state index < -0.39 is 0 Å². The van der Waals surface area contributed by atoms with Crippen molar-refractivity contribution in [1.82, 2.24) is 44.7 Å². The van der Waals surface area contributed by atoms with Gasteiger partial charge in [0.05, 0.1) is 29.6 Å². The molecule has 0 atom stereocenters. The summed E-state index contributed by atoms with van der Waals surface area (Å²) in [7, 11) is 1.86. The highest BCUT2D eigenvalue weighted by atomic mass is 15.4. The van der Waals surface area contributed by atoms with Crippen LogP contribution < -0.4 is 5.73 Å². The minimum atomic E-state index is 0.252. The number of nitrogen functional groups attached to an aromatic ring is 1. The van der Waals surface area contributed by atoms with Crippen LogP contribution in [0.4, 0.5) is 5.82 Å². The molecular weight excluding hydrogens is 440 g/mol. The largest absolute Gasteiger partial charge is 0.382 e. The second-order valence-corrected chi connectivity index (χ2v) is 8.06. The van der Waals surface area contributed by atoms with Crippen molar-refractivity contribution in [3.63, 3.8) is 0 Å². The smallest absolute Gasteiger partial charge is 0.152 e. The van der Waals surface area contributed by atoms with Gasteiger partial charge < -0.3 is 5.73 Å². The van der Waals surface area contributed by atoms with Crippen LogP contribution in [0, 0.1) is 0 Å². The Balaban J connectivity index is 1.48. The van der Waals surface area contributed by atoms with E-state index >= 15 is 0 Å². The molecule has 6 aromatic rings. The average Bonchev–Trinajstić information content (AvgIpc) is 3.53. The maximum atomic E-state index is 6.39. The summed E-state index contributed by atoms with van der Waals surface area (Å²) in [6, 6.07) is 17.5. The highest BCUT2D eigenvalue weighted by molar-refractivity contribution is 5.88. The highest BCUT2D eigenvalue weighted by Crippen LogP contribution is 2.34. The van der Waals surface area contributed by atoms with Crippen LogP contribution in [0.1, 0.15) is 5.69 Å². The van der Waals surface area contributed by atoms with Crippen LogP contribution >= 0.6 is 0 Å². The Morgan fingerprint density at radius 2 is 1.77 bits per heavy atom. The fraction of sp³-hybridized carbons (Fsp3) is 0.0800. The zero-order valence-corrected chi connectivity index (χ0v) is 18.8. The number of benzene rings is 1. The Morgan fingerprint density at radius 1 is 0.857 bits per heavy atom. The van der Waals surface area contributed by atoms with Gasteiger partial charge in [0.15, 0.2) is 5.82 Å². The topological polar surface area (TPSA) is 126 Å². The number of fused-ring (bicyclic) bond motifs is 1. The van der Waals surface area contributed by atoms with Gasteiger partial charge in [-0.3, -0.25) is 14.6 Å². The van der Waals surface area contributed by atoms with Crippen LogP contribution in [0.15, 0.2) is 79.4 Å². The summed E-state index contributed by atoms with van der Waals surface area (Å²) in [5.74, 6) is 0.252. The second kappa shape index (κ2) is 8.41. The summed E-state index contributed by atoms with van der Waals surface area (Å²) in [6.45, 7) is 0.484. The molecule has 0 aliphatic rings. The lowest BCUT2D eigenvalue weighted by Gasteiger charge is -2.11. The molecule has 10 nitrogen and oxygen atoms in total. The highest BCUT2D eigenvalue weighted by Gasteiger charge is 2.20. The average molecular weight is 461 g/mol. The van der Waals surface area contributed by atoms with E-state index in [2.05, 4.69) is 25.4 Å². The molecule has 0 radical (unpaired) electrons. The molecule has 0 bridgehead atoms. The van der Waals surface area contributed by atoms with Crippen molar-refractivity contribution in [3.05, 3.63) is 85.1 Å². The number of hydrogen-bond donors (Lipinski definition) is 1. The molecule has 170 valence electrons. The van der Waals surface area contributed by atoms with E-state index in [0.29, 0.717) is 35.0 Å². The fourth-order valence-corrected chi connectivity index (χ4v) is 3.92. The quantitative estimate of drug-likeness (QED) is 0.415. The number of hydrogen-bond acceptors (Lipinski definition) is 8. The standard InChI is InChI=1S/C25H20N10/c1-34-12-9-20(32-34)23-22(17-7-8-19-16(13-17)5-4-11-28-19)29-24(25(26)30-23)21-15-35(33-31-21)14-18-6-2-3-10-27-18/h2-13,15H,14H2,1H3,(H2,26,30). The number of aromatic nitrogens is 9. The van der Waals surface area contributed by atoms with E-state index in [9.17, 15) is 0 Å². The summed E-state index contributed by atoms with van der Waals surface area (Å²) >= 11 is 0. The molecule has 6 rings (SSSR count). The number of nitrogens with zero attached hydrogens (tertiary/aromatic N) is 9. The van der Waals surface area contributed by atoms with Crippen LogP contribution in [0.5, 0.6) is 0 Å². The van der Waals surface area contributed by atoms with Crippen molar-refractivity contribution in [1.29, 1.82) is 0 Å². The normalized spacial score (nSPS) is 11.2. The second-order valence-electron chi connectivity index (χ2n) is 8.06. The molecular formula is C25H20N10. The van der Waals surface area contributed by atoms with Crippen molar-refractivity contribution in [2.24, 2.45) is 7.05 Å². The summed E-state index contributed by atoms with van der Waals surface area (Å²) in [5.41, 5.74) is 11.9. The third kappa shape index (κ3) is 3.97. The first kappa shape index (κ1) is 20.6. The third-order valence-electron chi connectivity index (χ3n) is 5.59. The van der Waals surface area contributed by atoms with Gasteiger partial charge in [-0.05, 0) is 36.4 Å². The van der Waals surface area contributed by atoms with Crippen LogP contribution in [-0.4, -0.2) is 44.7 Å². The molecule has 0 saturated carbocycles. The first-order valence-corrected chi connectivity index (χ1v) is 11.0. The Hall–Kier alpha value is -4.99. The Bertz CT molecular complexity index is 1650. The van der Waals surface area contributed by atoms with Gasteiger partial charge in [0.2, 0.25) is 0 Å². The van der Waals surface area contributed by atoms with Gasteiger partial charge in [-0.1, -0.05) is 23.4 Å². The molecule has 0 unspecified atom stereocenters. The Morgan fingerprint density at radius 3 is 2.60 bits per heavy atom. The summed E-state index contributed by atoms with van der Waals surface area (Å²) in [4.78, 5) is 18.4. The number of aryl methyl sites for hydroxylation is 1. The van der Waals surface area contributed by atoms with Crippen molar-refractivity contribution in [2.75, 3.05) is 5.73 Å². The molecule has 0 fully saturated rings. The SMILES string of the molecule is Cn1ccc(-c2nc(N)c(-c3cn(Cc4ccccn4)nn3)nc2-c2ccc3ncccc3c2)n1. The molecule has 5 aromatic heterocycles. The lowest BCUT2D eigenvalue weighted by atomic mass is 10.0. The predicted octanol–water partition coefficient (Wildman–Crippen LogP) is 3.38. The van der Waals surface area contributed by atoms with Crippen molar-refractivity contribution in [2.45, 2.75) is 6.54 Å². The molecule has 0 spiro atoms. The molecule has 0 saturated heterocycles. The van der Waals surface area contributed by atoms with Gasteiger partial charge in [-0.25, -0.2) is 14.6 Å². The summed E-state index contributed by atoms with van der Waals surface area (Å²) < 4.78 is 3.42. The van der Waals surface area contributed by atoms with E-state index in [1.807, 2.05) is 67.8 Å². The van der Waals surface area contributed by atoms with Crippen LogP contribution in [0.25, 0.3) is 44.9 Å². The number of nitrogens with two attached hydrogens (primary N) is 1. The third-order valence-corrected chi connectivity index (χ3v) is 5.59. The minimum Gasteiger partial charge on any atom is -0.382 e. The Labute approximate surface area is 200 Å². The first-order valence-electron chi connectivity index (χ1n) is 11.0. The van der Waals surface area contributed by atoms with Gasteiger partial charge in [-0.15, -0.1) is 5.10 Å². The van der Waals surface area contributed by atoms with Crippen molar-refractivity contribution in [3.8, 4) is 34.0 Å². The first-order chi connectivity index (χ1) is 17.1. The van der Waals surface area contributed by atoms with Crippen LogP contribution in [-0.2, 0) is 13.6 Å². The van der Waals surface area contributed by atoms with E-state index in [1.54, 1.807) is 28.0 Å². The number of anilines is 1. The maximum absolute atomic E-state index is 6.39. The van der Waals surface area contributed by atoms with Gasteiger partial charge in [0.1, 0.15) is 22.8 Å². The zero-order chi connectivity index (χ0) is 23.8. The monoisotopic (exact) mass is 460 g/mol. The molecule has 0 amide bonds. The summed E-state index contributed by atoms with van der Waals surface area (Å²) in [6.07, 6.45) is 7.18. The maximum Gasteiger partial charge on any atom is 0.152 e. The van der Waals surface area contributed by atoms with Crippen molar-refractivity contribution >= 4 is 16.7 Å². The fourth-order valence-electron chi connectivity index (χ4n) is 3.92. The molecule has 2 N–H and O–H groups in total. The molecule has 1 aromatic carbocycles. The van der Waals surface area contributed by atoms with E-state index in [-0.39, 0.29) is 5.82 Å². The lowest BCUT2D eigenvalue weighted by Crippen LogP contribution is -2.04. The molecule has 5 heterocycles. The Kier molecular flexibility index (Phi) is 4.95. The predicted molar refractivity (Wildman–Crippen MR) is 132 cm³/mol. The van der Waals surface area contributed by atoms with E-state index in [0.717, 1.165) is 22.2 Å².